The molecule has 1 aromatic heterocycles. The third kappa shape index (κ3) is 8.21. The molecule has 0 aliphatic rings. The summed E-state index contributed by atoms with van der Waals surface area (Å²) >= 11 is 1.93. The monoisotopic (exact) mass is 735 g/mol. The Morgan fingerprint density at radius 1 is 0.527 bits per heavy atom. The van der Waals surface area contributed by atoms with Crippen molar-refractivity contribution < 1.29 is 0 Å². The molecule has 8 aromatic rings. The molecule has 55 heavy (non-hydrogen) atoms. The number of benzene rings is 7. The van der Waals surface area contributed by atoms with E-state index in [1.807, 2.05) is 63.3 Å². The molecule has 0 fully saturated rings. The van der Waals surface area contributed by atoms with Crippen LogP contribution in [-0.2, 0) is 6.42 Å². The second-order valence-electron chi connectivity index (χ2n) is 13.4. The molecular weight excluding hydrogens is 683 g/mol. The molecule has 0 saturated heterocycles. The number of hydrogen-bond donors (Lipinski definition) is 0. The first-order valence-electron chi connectivity index (χ1n) is 19.8. The van der Waals surface area contributed by atoms with E-state index in [9.17, 15) is 0 Å². The molecule has 0 aliphatic heterocycles. The Morgan fingerprint density at radius 2 is 1.07 bits per heavy atom. The van der Waals surface area contributed by atoms with Crippen LogP contribution in [0.4, 0.5) is 11.4 Å². The summed E-state index contributed by atoms with van der Waals surface area (Å²) in [5.74, 6) is 0. The molecule has 0 spiro atoms. The van der Waals surface area contributed by atoms with Crippen molar-refractivity contribution in [2.24, 2.45) is 0 Å². The fourth-order valence-electron chi connectivity index (χ4n) is 7.36. The van der Waals surface area contributed by atoms with Crippen molar-refractivity contribution in [1.29, 1.82) is 0 Å². The highest BCUT2D eigenvalue weighted by molar-refractivity contribution is 7.20. The van der Waals surface area contributed by atoms with Gasteiger partial charge in [-0.15, -0.1) is 11.3 Å². The first-order valence-corrected chi connectivity index (χ1v) is 20.6. The van der Waals surface area contributed by atoms with Crippen molar-refractivity contribution in [3.63, 3.8) is 0 Å². The summed E-state index contributed by atoms with van der Waals surface area (Å²) in [5.41, 5.74) is 8.85. The van der Waals surface area contributed by atoms with E-state index in [4.69, 9.17) is 0 Å². The average molecular weight is 736 g/mol. The van der Waals surface area contributed by atoms with E-state index in [0.29, 0.717) is 0 Å². The van der Waals surface area contributed by atoms with Gasteiger partial charge < -0.3 is 4.90 Å². The van der Waals surface area contributed by atoms with E-state index in [-0.39, 0.29) is 0 Å². The first kappa shape index (κ1) is 39.0. The standard InChI is InChI=1S/C45H37NS.C6H10.C2H6/c1-4-6-22-44-35(5-2)41-21-13-20-36(45(41)47-44)32-24-26-40-39-25-23-31(28-42(39)37-18-10-11-19-38(37)43(40)29-32)30-14-12-17-34(27-30)46(3)33-15-8-7-9-16-33;1-3-5-6-4-2;1-2/h6-29H,4-5H2,1-3H3;3-6H,1-2H3;1-2H3/b22-6-;5-3-,6-4-;. The lowest BCUT2D eigenvalue weighted by Gasteiger charge is -2.20. The maximum Gasteiger partial charge on any atom is 0.0430 e. The molecule has 0 N–H and O–H groups in total. The number of fused-ring (bicyclic) bond motifs is 7. The first-order chi connectivity index (χ1) is 27.1. The van der Waals surface area contributed by atoms with Gasteiger partial charge in [-0.25, -0.2) is 0 Å². The van der Waals surface area contributed by atoms with E-state index < -0.39 is 0 Å². The largest absolute Gasteiger partial charge is 0.345 e. The smallest absolute Gasteiger partial charge is 0.0430 e. The van der Waals surface area contributed by atoms with E-state index in [0.717, 1.165) is 12.8 Å². The summed E-state index contributed by atoms with van der Waals surface area (Å²) in [6.45, 7) is 12.5. The normalized spacial score (nSPS) is 11.5. The molecule has 8 rings (SSSR count). The lowest BCUT2D eigenvalue weighted by molar-refractivity contribution is 1.16. The molecule has 0 bridgehead atoms. The van der Waals surface area contributed by atoms with Crippen LogP contribution in [0.5, 0.6) is 0 Å². The van der Waals surface area contributed by atoms with Gasteiger partial charge in [-0.1, -0.05) is 155 Å². The van der Waals surface area contributed by atoms with Crippen LogP contribution in [0.2, 0.25) is 0 Å². The molecular formula is C53H53NS. The van der Waals surface area contributed by atoms with Crippen LogP contribution in [0.1, 0.15) is 58.4 Å². The van der Waals surface area contributed by atoms with Crippen molar-refractivity contribution >= 4 is 71.2 Å². The second kappa shape index (κ2) is 18.6. The Bertz CT molecular complexity index is 2590. The number of aryl methyl sites for hydroxylation is 1. The molecule has 1 nitrogen and oxygen atoms in total. The molecule has 0 saturated carbocycles. The van der Waals surface area contributed by atoms with Gasteiger partial charge in [-0.05, 0) is 135 Å². The molecule has 1 heterocycles. The van der Waals surface area contributed by atoms with Crippen LogP contribution in [0.3, 0.4) is 0 Å². The van der Waals surface area contributed by atoms with Crippen molar-refractivity contribution in [1.82, 2.24) is 0 Å². The second-order valence-corrected chi connectivity index (χ2v) is 14.4. The van der Waals surface area contributed by atoms with Crippen molar-refractivity contribution in [2.45, 2.75) is 54.4 Å². The van der Waals surface area contributed by atoms with E-state index in [2.05, 4.69) is 171 Å². The zero-order valence-corrected chi connectivity index (χ0v) is 34.3. The molecule has 276 valence electrons. The minimum Gasteiger partial charge on any atom is -0.345 e. The Kier molecular flexibility index (Phi) is 13.2. The Hall–Kier alpha value is -5.70. The van der Waals surface area contributed by atoms with Gasteiger partial charge >= 0.3 is 0 Å². The zero-order chi connectivity index (χ0) is 38.7. The summed E-state index contributed by atoms with van der Waals surface area (Å²) in [6, 6.07) is 49.2. The molecule has 2 heteroatoms. The number of para-hydroxylation sites is 1. The Balaban J connectivity index is 0.000000589. The molecule has 0 aliphatic carbocycles. The lowest BCUT2D eigenvalue weighted by atomic mass is 9.90. The number of anilines is 2. The van der Waals surface area contributed by atoms with Crippen LogP contribution in [0.15, 0.2) is 164 Å². The molecule has 7 aromatic carbocycles. The third-order valence-corrected chi connectivity index (χ3v) is 11.3. The SMILES string of the molecule is C/C=C\C=C/C.CC.CC/C=C\c1sc2c(-c3ccc4c5ccc(-c6cccc(N(C)c7ccccc7)c6)cc5c5ccccc5c4c3)cccc2c1CC. The van der Waals surface area contributed by atoms with Gasteiger partial charge in [0.2, 0.25) is 0 Å². The van der Waals surface area contributed by atoms with Crippen LogP contribution in [0, 0.1) is 0 Å². The number of allylic oxidation sites excluding steroid dienone is 5. The zero-order valence-electron chi connectivity index (χ0n) is 33.4. The number of thiophene rings is 1. The maximum atomic E-state index is 2.43. The quantitative estimate of drug-likeness (QED) is 0.111. The van der Waals surface area contributed by atoms with Crippen LogP contribution < -0.4 is 4.90 Å². The average Bonchev–Trinajstić information content (AvgIpc) is 3.63. The molecule has 0 radical (unpaired) electrons. The van der Waals surface area contributed by atoms with Crippen molar-refractivity contribution in [2.75, 3.05) is 11.9 Å². The predicted molar refractivity (Wildman–Crippen MR) is 249 cm³/mol. The summed E-state index contributed by atoms with van der Waals surface area (Å²) in [4.78, 5) is 3.63. The highest BCUT2D eigenvalue weighted by Gasteiger charge is 2.16. The Labute approximate surface area is 332 Å². The van der Waals surface area contributed by atoms with Crippen LogP contribution in [0.25, 0.3) is 70.7 Å². The van der Waals surface area contributed by atoms with E-state index >= 15 is 0 Å². The van der Waals surface area contributed by atoms with Crippen LogP contribution in [-0.4, -0.2) is 7.05 Å². The summed E-state index contributed by atoms with van der Waals surface area (Å²) in [5, 5.41) is 9.17. The topological polar surface area (TPSA) is 3.24 Å². The maximum absolute atomic E-state index is 2.43. The van der Waals surface area contributed by atoms with Gasteiger partial charge in [0, 0.05) is 28.0 Å². The minimum absolute atomic E-state index is 1.04. The summed E-state index contributed by atoms with van der Waals surface area (Å²) in [7, 11) is 2.13. The minimum atomic E-state index is 1.04. The van der Waals surface area contributed by atoms with E-state index in [1.165, 1.54) is 86.5 Å². The number of hydrogen-bond acceptors (Lipinski definition) is 2. The predicted octanol–water partition coefficient (Wildman–Crippen LogP) is 16.6. The van der Waals surface area contributed by atoms with Crippen molar-refractivity contribution in [3.8, 4) is 22.3 Å². The van der Waals surface area contributed by atoms with E-state index in [1.54, 1.807) is 0 Å². The number of rotatable bonds is 8. The van der Waals surface area contributed by atoms with Crippen LogP contribution >= 0.6 is 11.3 Å². The van der Waals surface area contributed by atoms with Crippen molar-refractivity contribution in [3.05, 3.63) is 174 Å². The highest BCUT2D eigenvalue weighted by atomic mass is 32.1. The van der Waals surface area contributed by atoms with Gasteiger partial charge in [-0.2, -0.15) is 0 Å². The molecule has 0 atom stereocenters. The fourth-order valence-corrected chi connectivity index (χ4v) is 8.72. The van der Waals surface area contributed by atoms with Gasteiger partial charge in [0.15, 0.2) is 0 Å². The lowest BCUT2D eigenvalue weighted by Crippen LogP contribution is -2.08. The molecule has 0 unspecified atom stereocenters. The molecule has 0 amide bonds. The fraction of sp³-hybridized carbons (Fsp3) is 0.170. The van der Waals surface area contributed by atoms with Gasteiger partial charge in [-0.3, -0.25) is 0 Å². The van der Waals surface area contributed by atoms with Gasteiger partial charge in [0.05, 0.1) is 0 Å². The van der Waals surface area contributed by atoms with Gasteiger partial charge in [0.25, 0.3) is 0 Å². The third-order valence-electron chi connectivity index (χ3n) is 10.1. The summed E-state index contributed by atoms with van der Waals surface area (Å²) < 4.78 is 1.38. The Morgan fingerprint density at radius 3 is 1.71 bits per heavy atom. The highest BCUT2D eigenvalue weighted by Crippen LogP contribution is 2.43. The summed E-state index contributed by atoms with van der Waals surface area (Å²) in [6.07, 6.45) is 14.7. The number of nitrogens with zero attached hydrogens (tertiary/aromatic N) is 1. The van der Waals surface area contributed by atoms with Gasteiger partial charge in [0.1, 0.15) is 0 Å².